The average Bonchev–Trinajstić information content (AvgIpc) is 2.55. The van der Waals surface area contributed by atoms with Crippen LogP contribution < -0.4 is 5.32 Å². The van der Waals surface area contributed by atoms with Gasteiger partial charge in [-0.25, -0.2) is 4.79 Å². The fourth-order valence-electron chi connectivity index (χ4n) is 3.39. The molecule has 118 valence electrons. The summed E-state index contributed by atoms with van der Waals surface area (Å²) in [5.74, 6) is -0.695. The van der Waals surface area contributed by atoms with Crippen LogP contribution in [0, 0.1) is 0 Å². The second-order valence-corrected chi connectivity index (χ2v) is 5.94. The maximum Gasteiger partial charge on any atom is 0.335 e. The number of fused-ring (bicyclic) bond motifs is 1. The second kappa shape index (κ2) is 6.24. The molecule has 0 heterocycles. The first-order valence-electron chi connectivity index (χ1n) is 7.75. The van der Waals surface area contributed by atoms with E-state index in [1.807, 2.05) is 24.3 Å². The first-order valence-corrected chi connectivity index (χ1v) is 7.75. The lowest BCUT2D eigenvalue weighted by Crippen LogP contribution is -2.30. The van der Waals surface area contributed by atoms with Crippen LogP contribution in [0.15, 0.2) is 48.5 Å². The molecule has 0 radical (unpaired) electrons. The van der Waals surface area contributed by atoms with Gasteiger partial charge in [0.05, 0.1) is 11.6 Å². The Balaban J connectivity index is 1.94. The number of hydrogen-bond acceptors (Lipinski definition) is 2. The van der Waals surface area contributed by atoms with Crippen LogP contribution in [-0.4, -0.2) is 17.0 Å². The van der Waals surface area contributed by atoms with E-state index in [9.17, 15) is 9.59 Å². The Kier molecular flexibility index (Phi) is 4.15. The first-order chi connectivity index (χ1) is 11.1. The van der Waals surface area contributed by atoms with Crippen LogP contribution in [0.2, 0.25) is 0 Å². The van der Waals surface area contributed by atoms with Crippen molar-refractivity contribution in [2.75, 3.05) is 0 Å². The van der Waals surface area contributed by atoms with Gasteiger partial charge in [0.2, 0.25) is 5.91 Å². The molecule has 4 heteroatoms. The molecule has 2 aromatic carbocycles. The molecule has 2 aromatic rings. The van der Waals surface area contributed by atoms with E-state index in [2.05, 4.69) is 17.4 Å². The van der Waals surface area contributed by atoms with Gasteiger partial charge in [0.15, 0.2) is 0 Å². The minimum atomic E-state index is -0.911. The van der Waals surface area contributed by atoms with Gasteiger partial charge in [-0.15, -0.1) is 0 Å². The fourth-order valence-corrected chi connectivity index (χ4v) is 3.39. The van der Waals surface area contributed by atoms with Crippen molar-refractivity contribution in [3.8, 4) is 0 Å². The molecule has 4 nitrogen and oxygen atoms in total. The van der Waals surface area contributed by atoms with Gasteiger partial charge in [-0.3, -0.25) is 4.79 Å². The molecule has 0 saturated heterocycles. The van der Waals surface area contributed by atoms with Gasteiger partial charge in [-0.1, -0.05) is 36.4 Å². The number of nitrogens with one attached hydrogen (secondary N) is 1. The third kappa shape index (κ3) is 3.11. The van der Waals surface area contributed by atoms with Crippen molar-refractivity contribution in [3.05, 3.63) is 70.8 Å². The number of carboxylic acids is 1. The smallest absolute Gasteiger partial charge is 0.335 e. The summed E-state index contributed by atoms with van der Waals surface area (Å²) in [7, 11) is 0. The number of rotatable bonds is 3. The summed E-state index contributed by atoms with van der Waals surface area (Å²) in [6, 6.07) is 15.3. The van der Waals surface area contributed by atoms with E-state index in [1.54, 1.807) is 19.1 Å². The monoisotopic (exact) mass is 309 g/mol. The van der Waals surface area contributed by atoms with Gasteiger partial charge in [-0.05, 0) is 41.7 Å². The van der Waals surface area contributed by atoms with Crippen molar-refractivity contribution < 1.29 is 14.7 Å². The number of carbonyl (C=O) groups excluding carboxylic acids is 1. The SMILES string of the molecule is CC(=O)N[C@@H]1CC[C@H](c2ccc(C(=O)O)cc2)c2ccccc21. The summed E-state index contributed by atoms with van der Waals surface area (Å²) in [4.78, 5) is 22.4. The predicted octanol–water partition coefficient (Wildman–Crippen LogP) is 3.49. The van der Waals surface area contributed by atoms with Gasteiger partial charge in [0.1, 0.15) is 0 Å². The highest BCUT2D eigenvalue weighted by Crippen LogP contribution is 2.41. The van der Waals surface area contributed by atoms with E-state index < -0.39 is 5.97 Å². The molecule has 2 atom stereocenters. The minimum Gasteiger partial charge on any atom is -0.478 e. The Morgan fingerprint density at radius 2 is 1.65 bits per heavy atom. The highest BCUT2D eigenvalue weighted by Gasteiger charge is 2.28. The lowest BCUT2D eigenvalue weighted by Gasteiger charge is -2.32. The first kappa shape index (κ1) is 15.3. The number of benzene rings is 2. The molecule has 1 amide bonds. The summed E-state index contributed by atoms with van der Waals surface area (Å²) in [5.41, 5.74) is 3.78. The second-order valence-electron chi connectivity index (χ2n) is 5.94. The Labute approximate surface area is 135 Å². The summed E-state index contributed by atoms with van der Waals surface area (Å²) in [5, 5.41) is 12.0. The van der Waals surface area contributed by atoms with Crippen molar-refractivity contribution in [2.24, 2.45) is 0 Å². The summed E-state index contributed by atoms with van der Waals surface area (Å²) in [6.45, 7) is 1.54. The molecule has 2 N–H and O–H groups in total. The zero-order valence-electron chi connectivity index (χ0n) is 13.0. The van der Waals surface area contributed by atoms with Crippen molar-refractivity contribution in [3.63, 3.8) is 0 Å². The molecule has 0 spiro atoms. The minimum absolute atomic E-state index is 0.0194. The molecule has 3 rings (SSSR count). The van der Waals surface area contributed by atoms with Crippen molar-refractivity contribution in [1.82, 2.24) is 5.32 Å². The average molecular weight is 309 g/mol. The number of hydrogen-bond donors (Lipinski definition) is 2. The standard InChI is InChI=1S/C19H19NO3/c1-12(21)20-18-11-10-15(16-4-2-3-5-17(16)18)13-6-8-14(9-7-13)19(22)23/h2-9,15,18H,10-11H2,1H3,(H,20,21)(H,22,23)/t15-,18-/m1/s1. The van der Waals surface area contributed by atoms with Crippen LogP contribution in [0.1, 0.15) is 58.8 Å². The van der Waals surface area contributed by atoms with Gasteiger partial charge in [0.25, 0.3) is 0 Å². The molecule has 23 heavy (non-hydrogen) atoms. The Bertz CT molecular complexity index is 737. The highest BCUT2D eigenvalue weighted by atomic mass is 16.4. The highest BCUT2D eigenvalue weighted by molar-refractivity contribution is 5.87. The maximum atomic E-state index is 11.4. The van der Waals surface area contributed by atoms with Gasteiger partial charge >= 0.3 is 5.97 Å². The summed E-state index contributed by atoms with van der Waals surface area (Å²) in [6.07, 6.45) is 1.80. The van der Waals surface area contributed by atoms with E-state index >= 15 is 0 Å². The van der Waals surface area contributed by atoms with E-state index in [4.69, 9.17) is 5.11 Å². The normalized spacial score (nSPS) is 19.7. The van der Waals surface area contributed by atoms with Crippen LogP contribution in [0.3, 0.4) is 0 Å². The molecule has 0 saturated carbocycles. The van der Waals surface area contributed by atoms with Crippen LogP contribution in [-0.2, 0) is 4.79 Å². The fraction of sp³-hybridized carbons (Fsp3) is 0.263. The summed E-state index contributed by atoms with van der Waals surface area (Å²) >= 11 is 0. The van der Waals surface area contributed by atoms with E-state index in [-0.39, 0.29) is 17.9 Å². The lowest BCUT2D eigenvalue weighted by molar-refractivity contribution is -0.119. The molecule has 1 aliphatic rings. The van der Waals surface area contributed by atoms with Crippen LogP contribution in [0.5, 0.6) is 0 Å². The molecular weight excluding hydrogens is 290 g/mol. The molecule has 0 aliphatic heterocycles. The Morgan fingerprint density at radius 1 is 1.00 bits per heavy atom. The van der Waals surface area contributed by atoms with E-state index in [1.165, 1.54) is 5.56 Å². The van der Waals surface area contributed by atoms with Crippen LogP contribution >= 0.6 is 0 Å². The molecule has 1 aliphatic carbocycles. The zero-order valence-corrected chi connectivity index (χ0v) is 13.0. The molecule has 0 unspecified atom stereocenters. The number of amides is 1. The quantitative estimate of drug-likeness (QED) is 0.912. The number of carbonyl (C=O) groups is 2. The van der Waals surface area contributed by atoms with Crippen molar-refractivity contribution in [2.45, 2.75) is 31.7 Å². The van der Waals surface area contributed by atoms with Gasteiger partial charge < -0.3 is 10.4 Å². The van der Waals surface area contributed by atoms with E-state index in [0.29, 0.717) is 5.56 Å². The van der Waals surface area contributed by atoms with Crippen LogP contribution in [0.4, 0.5) is 0 Å². The van der Waals surface area contributed by atoms with Crippen molar-refractivity contribution in [1.29, 1.82) is 0 Å². The molecule has 0 aromatic heterocycles. The molecule has 0 fully saturated rings. The van der Waals surface area contributed by atoms with Crippen LogP contribution in [0.25, 0.3) is 0 Å². The Morgan fingerprint density at radius 3 is 2.26 bits per heavy atom. The molecular formula is C19H19NO3. The summed E-state index contributed by atoms with van der Waals surface area (Å²) < 4.78 is 0. The number of carboxylic acid groups (broad SMARTS) is 1. The zero-order chi connectivity index (χ0) is 16.4. The third-order valence-electron chi connectivity index (χ3n) is 4.43. The number of aromatic carboxylic acids is 1. The third-order valence-corrected chi connectivity index (χ3v) is 4.43. The maximum absolute atomic E-state index is 11.4. The molecule has 0 bridgehead atoms. The van der Waals surface area contributed by atoms with Gasteiger partial charge in [0, 0.05) is 12.8 Å². The largest absolute Gasteiger partial charge is 0.478 e. The van der Waals surface area contributed by atoms with Crippen molar-refractivity contribution >= 4 is 11.9 Å². The Hall–Kier alpha value is -2.62. The topological polar surface area (TPSA) is 66.4 Å². The van der Waals surface area contributed by atoms with Gasteiger partial charge in [-0.2, -0.15) is 0 Å². The predicted molar refractivity (Wildman–Crippen MR) is 87.5 cm³/mol. The lowest BCUT2D eigenvalue weighted by atomic mass is 9.76. The van der Waals surface area contributed by atoms with E-state index in [0.717, 1.165) is 24.0 Å².